The molecule has 3 aromatic carbocycles. The minimum absolute atomic E-state index is 0.0310. The lowest BCUT2D eigenvalue weighted by atomic mass is 10.0. The number of carbonyl (C=O) groups excluding carboxylic acids is 1. The van der Waals surface area contributed by atoms with E-state index in [2.05, 4.69) is 4.74 Å². The molecule has 36 heavy (non-hydrogen) atoms. The number of esters is 1. The SMILES string of the molecule is COC(=O)CCC1Cc2ccc(-c3cc(F)ccc3F)cc2N1S(=O)(=O)c1cccc(C(F)(F)F)c1. The molecule has 11 heteroatoms. The Bertz CT molecular complexity index is 1420. The monoisotopic (exact) mass is 525 g/mol. The van der Waals surface area contributed by atoms with E-state index in [9.17, 15) is 35.2 Å². The highest BCUT2D eigenvalue weighted by atomic mass is 32.2. The average Bonchev–Trinajstić information content (AvgIpc) is 3.22. The van der Waals surface area contributed by atoms with E-state index in [-0.39, 0.29) is 36.1 Å². The lowest BCUT2D eigenvalue weighted by molar-refractivity contribution is -0.141. The smallest absolute Gasteiger partial charge is 0.416 e. The van der Waals surface area contributed by atoms with E-state index in [1.54, 1.807) is 6.07 Å². The van der Waals surface area contributed by atoms with Crippen LogP contribution in [0.3, 0.4) is 0 Å². The minimum atomic E-state index is -4.76. The van der Waals surface area contributed by atoms with Crippen molar-refractivity contribution < 1.29 is 39.9 Å². The van der Waals surface area contributed by atoms with Crippen LogP contribution in [0.2, 0.25) is 0 Å². The molecule has 3 aromatic rings. The normalized spacial score (nSPS) is 15.6. The Balaban J connectivity index is 1.84. The molecule has 5 nitrogen and oxygen atoms in total. The van der Waals surface area contributed by atoms with Crippen LogP contribution in [0.1, 0.15) is 24.0 Å². The lowest BCUT2D eigenvalue weighted by Crippen LogP contribution is -2.38. The number of methoxy groups -OCH3 is 1. The Labute approximate surface area is 204 Å². The van der Waals surface area contributed by atoms with Crippen molar-refractivity contribution in [3.8, 4) is 11.1 Å². The van der Waals surface area contributed by atoms with Crippen molar-refractivity contribution in [2.24, 2.45) is 0 Å². The van der Waals surface area contributed by atoms with E-state index in [0.29, 0.717) is 11.6 Å². The van der Waals surface area contributed by atoms with Gasteiger partial charge in [0.25, 0.3) is 10.0 Å². The largest absolute Gasteiger partial charge is 0.469 e. The molecule has 4 rings (SSSR count). The van der Waals surface area contributed by atoms with Crippen LogP contribution in [0.25, 0.3) is 11.1 Å². The van der Waals surface area contributed by atoms with Crippen molar-refractivity contribution in [2.75, 3.05) is 11.4 Å². The maximum Gasteiger partial charge on any atom is 0.416 e. The summed E-state index contributed by atoms with van der Waals surface area (Å²) in [6.45, 7) is 0. The molecular weight excluding hydrogens is 505 g/mol. The second-order valence-corrected chi connectivity index (χ2v) is 10.1. The van der Waals surface area contributed by atoms with Crippen molar-refractivity contribution in [3.63, 3.8) is 0 Å². The van der Waals surface area contributed by atoms with Crippen LogP contribution in [0, 0.1) is 11.6 Å². The zero-order valence-electron chi connectivity index (χ0n) is 18.9. The standard InChI is InChI=1S/C25H20F5NO4S/c1-35-24(32)10-8-19-11-16-6-5-15(21-14-18(26)7-9-22(21)27)12-23(16)31(19)36(33,34)20-4-2-3-17(13-20)25(28,29)30/h2-7,9,12-14,19H,8,10-11H2,1H3. The molecule has 0 amide bonds. The molecule has 1 unspecified atom stereocenters. The van der Waals surface area contributed by atoms with Gasteiger partial charge in [0.05, 0.1) is 29.3 Å². The van der Waals surface area contributed by atoms with Gasteiger partial charge in [-0.15, -0.1) is 0 Å². The number of ether oxygens (including phenoxy) is 1. The van der Waals surface area contributed by atoms with E-state index < -0.39 is 50.3 Å². The number of carbonyl (C=O) groups is 1. The van der Waals surface area contributed by atoms with E-state index >= 15 is 0 Å². The molecule has 1 atom stereocenters. The lowest BCUT2D eigenvalue weighted by Gasteiger charge is -2.27. The van der Waals surface area contributed by atoms with Crippen molar-refractivity contribution in [3.05, 3.63) is 83.4 Å². The number of sulfonamides is 1. The zero-order valence-corrected chi connectivity index (χ0v) is 19.7. The van der Waals surface area contributed by atoms with Gasteiger partial charge in [0.2, 0.25) is 0 Å². The van der Waals surface area contributed by atoms with Crippen LogP contribution in [-0.4, -0.2) is 27.5 Å². The van der Waals surface area contributed by atoms with E-state index in [1.807, 2.05) is 0 Å². The third-order valence-electron chi connectivity index (χ3n) is 5.98. The summed E-state index contributed by atoms with van der Waals surface area (Å²) in [7, 11) is -3.36. The Hall–Kier alpha value is -3.47. The van der Waals surface area contributed by atoms with Gasteiger partial charge in [-0.3, -0.25) is 9.10 Å². The van der Waals surface area contributed by atoms with E-state index in [0.717, 1.165) is 40.7 Å². The summed E-state index contributed by atoms with van der Waals surface area (Å²) in [6, 6.07) is 9.81. The number of benzene rings is 3. The van der Waals surface area contributed by atoms with Gasteiger partial charge in [0.1, 0.15) is 11.6 Å². The molecule has 190 valence electrons. The second-order valence-electron chi connectivity index (χ2n) is 8.27. The third kappa shape index (κ3) is 4.92. The zero-order chi connectivity index (χ0) is 26.3. The van der Waals surface area contributed by atoms with E-state index in [4.69, 9.17) is 0 Å². The van der Waals surface area contributed by atoms with Crippen LogP contribution in [-0.2, 0) is 32.2 Å². The fraction of sp³-hybridized carbons (Fsp3) is 0.240. The number of nitrogens with zero attached hydrogens (tertiary/aromatic N) is 1. The number of hydrogen-bond donors (Lipinski definition) is 0. The summed E-state index contributed by atoms with van der Waals surface area (Å²) in [5.74, 6) is -2.01. The van der Waals surface area contributed by atoms with Crippen LogP contribution >= 0.6 is 0 Å². The maximum absolute atomic E-state index is 14.4. The third-order valence-corrected chi connectivity index (χ3v) is 7.84. The molecule has 1 aliphatic heterocycles. The predicted molar refractivity (Wildman–Crippen MR) is 122 cm³/mol. The summed E-state index contributed by atoms with van der Waals surface area (Å²) in [5, 5.41) is 0. The first-order valence-corrected chi connectivity index (χ1v) is 12.2. The van der Waals surface area contributed by atoms with E-state index in [1.165, 1.54) is 19.2 Å². The van der Waals surface area contributed by atoms with Crippen LogP contribution in [0.15, 0.2) is 65.6 Å². The molecule has 0 N–H and O–H groups in total. The maximum atomic E-state index is 14.4. The van der Waals surface area contributed by atoms with Gasteiger partial charge in [0, 0.05) is 12.0 Å². The number of rotatable bonds is 6. The topological polar surface area (TPSA) is 63.7 Å². The molecule has 0 fully saturated rings. The van der Waals surface area contributed by atoms with Gasteiger partial charge in [-0.05, 0) is 66.4 Å². The Morgan fingerprint density at radius 2 is 1.81 bits per heavy atom. The summed E-state index contributed by atoms with van der Waals surface area (Å²) in [4.78, 5) is 11.2. The van der Waals surface area contributed by atoms with Crippen molar-refractivity contribution in [1.82, 2.24) is 0 Å². The van der Waals surface area contributed by atoms with Gasteiger partial charge in [-0.2, -0.15) is 13.2 Å². The first-order valence-electron chi connectivity index (χ1n) is 10.8. The van der Waals surface area contributed by atoms with Gasteiger partial charge >= 0.3 is 12.1 Å². The molecule has 0 aromatic heterocycles. The van der Waals surface area contributed by atoms with Crippen molar-refractivity contribution in [1.29, 1.82) is 0 Å². The number of fused-ring (bicyclic) bond motifs is 1. The quantitative estimate of drug-likeness (QED) is 0.305. The molecule has 1 aliphatic rings. The predicted octanol–water partition coefficient (Wildman–Crippen LogP) is 5.72. The van der Waals surface area contributed by atoms with Crippen molar-refractivity contribution >= 4 is 21.7 Å². The number of hydrogen-bond acceptors (Lipinski definition) is 4. The molecule has 0 saturated carbocycles. The highest BCUT2D eigenvalue weighted by molar-refractivity contribution is 7.92. The molecule has 0 radical (unpaired) electrons. The number of alkyl halides is 3. The molecular formula is C25H20F5NO4S. The van der Waals surface area contributed by atoms with Gasteiger partial charge in [-0.25, -0.2) is 17.2 Å². The Morgan fingerprint density at radius 1 is 1.06 bits per heavy atom. The molecule has 0 saturated heterocycles. The molecule has 0 aliphatic carbocycles. The first-order chi connectivity index (χ1) is 16.9. The minimum Gasteiger partial charge on any atom is -0.469 e. The van der Waals surface area contributed by atoms with Crippen LogP contribution in [0.4, 0.5) is 27.6 Å². The Kier molecular flexibility index (Phi) is 6.78. The summed E-state index contributed by atoms with van der Waals surface area (Å²) in [5.41, 5.74) is -0.412. The van der Waals surface area contributed by atoms with Gasteiger partial charge in [-0.1, -0.05) is 18.2 Å². The van der Waals surface area contributed by atoms with Crippen LogP contribution in [0.5, 0.6) is 0 Å². The summed E-state index contributed by atoms with van der Waals surface area (Å²) < 4.78 is 101. The van der Waals surface area contributed by atoms with Crippen molar-refractivity contribution in [2.45, 2.75) is 36.4 Å². The Morgan fingerprint density at radius 3 is 2.50 bits per heavy atom. The highest BCUT2D eigenvalue weighted by Crippen LogP contribution is 2.42. The average molecular weight is 525 g/mol. The summed E-state index contributed by atoms with van der Waals surface area (Å²) >= 11 is 0. The highest BCUT2D eigenvalue weighted by Gasteiger charge is 2.40. The molecule has 1 heterocycles. The molecule has 0 bridgehead atoms. The van der Waals surface area contributed by atoms with Crippen LogP contribution < -0.4 is 4.31 Å². The summed E-state index contributed by atoms with van der Waals surface area (Å²) in [6.07, 6.45) is -4.70. The molecule has 0 spiro atoms. The van der Waals surface area contributed by atoms with Gasteiger partial charge in [0.15, 0.2) is 0 Å². The fourth-order valence-electron chi connectivity index (χ4n) is 4.24. The fourth-order valence-corrected chi connectivity index (χ4v) is 5.99. The van der Waals surface area contributed by atoms with Gasteiger partial charge < -0.3 is 4.74 Å². The first kappa shape index (κ1) is 25.6. The number of anilines is 1. The second kappa shape index (κ2) is 9.53. The number of halogens is 5.